The number of pyridine rings is 1. The molecule has 2 heterocycles. The Morgan fingerprint density at radius 1 is 0.852 bits per heavy atom. The van der Waals surface area contributed by atoms with Crippen molar-refractivity contribution in [2.24, 2.45) is 0 Å². The molecule has 130 valence electrons. The molecule has 0 atom stereocenters. The van der Waals surface area contributed by atoms with Crippen LogP contribution in [0.3, 0.4) is 0 Å². The van der Waals surface area contributed by atoms with Gasteiger partial charge in [0.25, 0.3) is 0 Å². The topological polar surface area (TPSA) is 22.1 Å². The summed E-state index contributed by atoms with van der Waals surface area (Å²) in [5.74, 6) is 7.21. The first-order valence-electron chi connectivity index (χ1n) is 8.60. The summed E-state index contributed by atoms with van der Waals surface area (Å²) in [4.78, 5) is 6.00. The third-order valence-corrected chi connectivity index (χ3v) is 5.01. The van der Waals surface area contributed by atoms with Gasteiger partial charge in [0.05, 0.1) is 23.2 Å². The van der Waals surface area contributed by atoms with Crippen LogP contribution >= 0.6 is 11.3 Å². The fourth-order valence-electron chi connectivity index (χ4n) is 2.84. The van der Waals surface area contributed by atoms with Gasteiger partial charge in [-0.15, -0.1) is 11.3 Å². The van der Waals surface area contributed by atoms with Crippen LogP contribution in [0.5, 0.6) is 5.75 Å². The van der Waals surface area contributed by atoms with Crippen molar-refractivity contribution in [2.75, 3.05) is 7.11 Å². The van der Waals surface area contributed by atoms with Crippen molar-refractivity contribution in [3.8, 4) is 39.4 Å². The predicted octanol–water partition coefficient (Wildman–Crippen LogP) is 5.89. The van der Waals surface area contributed by atoms with E-state index in [2.05, 4.69) is 23.3 Å². The minimum atomic E-state index is 0.699. The van der Waals surface area contributed by atoms with Gasteiger partial charge < -0.3 is 4.74 Å². The largest absolute Gasteiger partial charge is 0.493 e. The van der Waals surface area contributed by atoms with E-state index in [4.69, 9.17) is 9.72 Å². The van der Waals surface area contributed by atoms with Crippen LogP contribution in [-0.4, -0.2) is 12.1 Å². The molecule has 2 aromatic carbocycles. The minimum absolute atomic E-state index is 0.699. The van der Waals surface area contributed by atoms with Gasteiger partial charge in [0.2, 0.25) is 0 Å². The molecule has 2 nitrogen and oxygen atoms in total. The molecule has 0 radical (unpaired) electrons. The third-order valence-electron chi connectivity index (χ3n) is 4.11. The second-order valence-electron chi connectivity index (χ2n) is 5.90. The first-order chi connectivity index (χ1) is 13.3. The maximum absolute atomic E-state index is 5.73. The number of hydrogen-bond donors (Lipinski definition) is 0. The van der Waals surface area contributed by atoms with E-state index in [0.717, 1.165) is 33.0 Å². The number of benzene rings is 2. The number of thiophene rings is 1. The highest BCUT2D eigenvalue weighted by atomic mass is 32.1. The Hall–Kier alpha value is -3.35. The van der Waals surface area contributed by atoms with E-state index < -0.39 is 0 Å². The monoisotopic (exact) mass is 367 g/mol. The van der Waals surface area contributed by atoms with E-state index in [0.29, 0.717) is 5.75 Å². The second-order valence-corrected chi connectivity index (χ2v) is 6.84. The molecular weight excluding hydrogens is 350 g/mol. The van der Waals surface area contributed by atoms with Crippen LogP contribution < -0.4 is 4.74 Å². The molecule has 0 fully saturated rings. The summed E-state index contributed by atoms with van der Waals surface area (Å²) in [6.07, 6.45) is 0. The first kappa shape index (κ1) is 17.1. The van der Waals surface area contributed by atoms with Crippen molar-refractivity contribution in [3.63, 3.8) is 0 Å². The molecule has 0 bridgehead atoms. The Kier molecular flexibility index (Phi) is 5.00. The molecule has 0 N–H and O–H groups in total. The molecule has 0 saturated heterocycles. The highest BCUT2D eigenvalue weighted by molar-refractivity contribution is 7.13. The number of ether oxygens (including phenoxy) is 1. The zero-order valence-electron chi connectivity index (χ0n) is 14.8. The van der Waals surface area contributed by atoms with Crippen molar-refractivity contribution in [3.05, 3.63) is 95.4 Å². The number of rotatable bonds is 3. The Bertz CT molecular complexity index is 1090. The fourth-order valence-corrected chi connectivity index (χ4v) is 3.52. The molecule has 0 aliphatic rings. The molecule has 4 aromatic rings. The summed E-state index contributed by atoms with van der Waals surface area (Å²) in [7, 11) is 1.67. The molecule has 0 amide bonds. The van der Waals surface area contributed by atoms with Crippen LogP contribution in [0.15, 0.2) is 84.2 Å². The number of aromatic nitrogens is 1. The lowest BCUT2D eigenvalue weighted by molar-refractivity contribution is 0.413. The quantitative estimate of drug-likeness (QED) is 0.422. The SMILES string of the molecule is COc1c(C#Cc2ccccc2)cc(-c2cccs2)nc1-c1ccccc1. The van der Waals surface area contributed by atoms with Gasteiger partial charge in [-0.25, -0.2) is 4.98 Å². The molecule has 3 heteroatoms. The lowest BCUT2D eigenvalue weighted by atomic mass is 10.1. The van der Waals surface area contributed by atoms with Crippen molar-refractivity contribution >= 4 is 11.3 Å². The smallest absolute Gasteiger partial charge is 0.160 e. The normalized spacial score (nSPS) is 10.1. The molecule has 0 unspecified atom stereocenters. The van der Waals surface area contributed by atoms with Crippen LogP contribution in [0.25, 0.3) is 21.8 Å². The fraction of sp³-hybridized carbons (Fsp3) is 0.0417. The average Bonchev–Trinajstić information content (AvgIpc) is 3.28. The summed E-state index contributed by atoms with van der Waals surface area (Å²) in [6, 6.07) is 26.1. The molecule has 2 aromatic heterocycles. The lowest BCUT2D eigenvalue weighted by Gasteiger charge is -2.12. The van der Waals surface area contributed by atoms with E-state index in [9.17, 15) is 0 Å². The zero-order valence-corrected chi connectivity index (χ0v) is 15.7. The highest BCUT2D eigenvalue weighted by Gasteiger charge is 2.15. The van der Waals surface area contributed by atoms with Crippen molar-refractivity contribution in [1.82, 2.24) is 4.98 Å². The van der Waals surface area contributed by atoms with Gasteiger partial charge in [0, 0.05) is 11.1 Å². The summed E-state index contributed by atoms with van der Waals surface area (Å²) in [6.45, 7) is 0. The second kappa shape index (κ2) is 7.90. The molecule has 0 aliphatic heterocycles. The van der Waals surface area contributed by atoms with Crippen LogP contribution in [-0.2, 0) is 0 Å². The zero-order chi connectivity index (χ0) is 18.5. The summed E-state index contributed by atoms with van der Waals surface area (Å²) in [5, 5.41) is 2.05. The Labute approximate surface area is 163 Å². The van der Waals surface area contributed by atoms with E-state index >= 15 is 0 Å². The van der Waals surface area contributed by atoms with Gasteiger partial charge in [-0.05, 0) is 29.6 Å². The Morgan fingerprint density at radius 3 is 2.26 bits per heavy atom. The van der Waals surface area contributed by atoms with Gasteiger partial charge in [-0.2, -0.15) is 0 Å². The van der Waals surface area contributed by atoms with Gasteiger partial charge in [0.1, 0.15) is 5.69 Å². The van der Waals surface area contributed by atoms with Crippen molar-refractivity contribution in [2.45, 2.75) is 0 Å². The third kappa shape index (κ3) is 3.76. The van der Waals surface area contributed by atoms with Crippen molar-refractivity contribution < 1.29 is 4.74 Å². The number of methoxy groups -OCH3 is 1. The molecule has 27 heavy (non-hydrogen) atoms. The molecule has 0 spiro atoms. The average molecular weight is 367 g/mol. The van der Waals surface area contributed by atoms with E-state index in [1.807, 2.05) is 72.8 Å². The molecule has 4 rings (SSSR count). The van der Waals surface area contributed by atoms with Crippen LogP contribution in [0, 0.1) is 11.8 Å². The summed E-state index contributed by atoms with van der Waals surface area (Å²) >= 11 is 1.67. The molecular formula is C24H17NOS. The molecule has 0 saturated carbocycles. The number of hydrogen-bond acceptors (Lipinski definition) is 3. The first-order valence-corrected chi connectivity index (χ1v) is 9.48. The Balaban J connectivity index is 1.91. The lowest BCUT2D eigenvalue weighted by Crippen LogP contribution is -1.97. The van der Waals surface area contributed by atoms with E-state index in [1.54, 1.807) is 18.4 Å². The van der Waals surface area contributed by atoms with Gasteiger partial charge in [-0.1, -0.05) is 66.4 Å². The molecule has 0 aliphatic carbocycles. The predicted molar refractivity (Wildman–Crippen MR) is 112 cm³/mol. The van der Waals surface area contributed by atoms with E-state index in [-0.39, 0.29) is 0 Å². The van der Waals surface area contributed by atoms with E-state index in [1.165, 1.54) is 0 Å². The van der Waals surface area contributed by atoms with Crippen LogP contribution in [0.4, 0.5) is 0 Å². The maximum Gasteiger partial charge on any atom is 0.160 e. The highest BCUT2D eigenvalue weighted by Crippen LogP contribution is 2.35. The number of nitrogens with zero attached hydrogens (tertiary/aromatic N) is 1. The maximum atomic E-state index is 5.73. The Morgan fingerprint density at radius 2 is 1.59 bits per heavy atom. The van der Waals surface area contributed by atoms with Gasteiger partial charge in [-0.3, -0.25) is 0 Å². The minimum Gasteiger partial charge on any atom is -0.493 e. The summed E-state index contributed by atoms with van der Waals surface area (Å²) < 4.78 is 5.73. The van der Waals surface area contributed by atoms with Crippen molar-refractivity contribution in [1.29, 1.82) is 0 Å². The van der Waals surface area contributed by atoms with Gasteiger partial charge in [0.15, 0.2) is 5.75 Å². The summed E-state index contributed by atoms with van der Waals surface area (Å²) in [5.41, 5.74) is 4.52. The van der Waals surface area contributed by atoms with Crippen LogP contribution in [0.2, 0.25) is 0 Å². The standard InChI is InChI=1S/C24H17NOS/c1-26-24-20(15-14-18-9-4-2-5-10-18)17-21(22-13-8-16-27-22)25-23(24)19-11-6-3-7-12-19/h2-13,16-17H,1H3. The van der Waals surface area contributed by atoms with Gasteiger partial charge >= 0.3 is 0 Å². The van der Waals surface area contributed by atoms with Crippen LogP contribution in [0.1, 0.15) is 11.1 Å².